The first kappa shape index (κ1) is 18.9. The molecule has 0 saturated carbocycles. The van der Waals surface area contributed by atoms with E-state index in [1.165, 1.54) is 31.4 Å². The van der Waals surface area contributed by atoms with Crippen molar-refractivity contribution in [2.45, 2.75) is 26.2 Å². The largest absolute Gasteiger partial charge is 0.726 e. The number of unbranched alkanes of at least 4 members (excludes halogenated alkanes) is 1. The molecule has 0 aromatic rings. The monoisotopic (exact) mass is 267 g/mol. The Bertz CT molecular complexity index is 304. The fourth-order valence-corrected chi connectivity index (χ4v) is 1.01. The molecule has 0 heterocycles. The van der Waals surface area contributed by atoms with Gasteiger partial charge in [0.1, 0.15) is 0 Å². The van der Waals surface area contributed by atoms with Crippen molar-refractivity contribution in [3.05, 3.63) is 12.2 Å². The third-order valence-electron chi connectivity index (χ3n) is 1.89. The predicted molar refractivity (Wildman–Crippen MR) is 68.3 cm³/mol. The SMILES string of the molecule is C=C(C)CCCC[N+](C)(C)C.COS(=O)(=O)[O-]. The standard InChI is InChI=1S/C10H22N.CH4O4S/c1-10(2)8-6-7-9-11(3,4)5;1-5-6(2,3)4/h1,6-9H2,2-5H3;1H3,(H,2,3,4)/q+1;/p-1. The van der Waals surface area contributed by atoms with Crippen molar-refractivity contribution in [1.29, 1.82) is 0 Å². The maximum absolute atomic E-state index is 9.22. The van der Waals surface area contributed by atoms with Gasteiger partial charge in [-0.1, -0.05) is 5.57 Å². The second kappa shape index (κ2) is 8.63. The van der Waals surface area contributed by atoms with Crippen LogP contribution in [-0.4, -0.2) is 52.3 Å². The first-order valence-electron chi connectivity index (χ1n) is 5.44. The summed E-state index contributed by atoms with van der Waals surface area (Å²) in [5.74, 6) is 0. The molecule has 0 radical (unpaired) electrons. The lowest BCUT2D eigenvalue weighted by Gasteiger charge is -2.23. The second-order valence-electron chi connectivity index (χ2n) is 5.00. The maximum Gasteiger partial charge on any atom is 0.217 e. The molecule has 0 bridgehead atoms. The third-order valence-corrected chi connectivity index (χ3v) is 2.29. The molecule has 0 aliphatic rings. The lowest BCUT2D eigenvalue weighted by molar-refractivity contribution is -0.870. The van der Waals surface area contributed by atoms with Crippen molar-refractivity contribution in [3.8, 4) is 0 Å². The van der Waals surface area contributed by atoms with Gasteiger partial charge in [-0.25, -0.2) is 8.42 Å². The summed E-state index contributed by atoms with van der Waals surface area (Å²) in [6, 6.07) is 0. The molecule has 5 nitrogen and oxygen atoms in total. The van der Waals surface area contributed by atoms with Crippen molar-refractivity contribution >= 4 is 10.4 Å². The molecule has 0 aliphatic carbocycles. The van der Waals surface area contributed by atoms with Crippen molar-refractivity contribution in [2.75, 3.05) is 34.8 Å². The topological polar surface area (TPSA) is 66.4 Å². The van der Waals surface area contributed by atoms with Gasteiger partial charge in [0.15, 0.2) is 0 Å². The van der Waals surface area contributed by atoms with Gasteiger partial charge in [-0.15, -0.1) is 6.58 Å². The van der Waals surface area contributed by atoms with E-state index in [0.29, 0.717) is 0 Å². The third kappa shape index (κ3) is 25.7. The van der Waals surface area contributed by atoms with Gasteiger partial charge in [0, 0.05) is 0 Å². The summed E-state index contributed by atoms with van der Waals surface area (Å²) < 4.78 is 32.1. The molecule has 0 saturated heterocycles. The first-order chi connectivity index (χ1) is 7.48. The van der Waals surface area contributed by atoms with E-state index in [1.54, 1.807) is 0 Å². The van der Waals surface area contributed by atoms with Gasteiger partial charge < -0.3 is 9.04 Å². The number of nitrogens with zero attached hydrogens (tertiary/aromatic N) is 1. The Kier molecular flexibility index (Phi) is 9.61. The highest BCUT2D eigenvalue weighted by Gasteiger charge is 2.04. The second-order valence-corrected chi connectivity index (χ2v) is 6.15. The van der Waals surface area contributed by atoms with Crippen LogP contribution < -0.4 is 0 Å². The van der Waals surface area contributed by atoms with E-state index in [1.807, 2.05) is 0 Å². The molecule has 104 valence electrons. The van der Waals surface area contributed by atoms with Crippen LogP contribution in [0.4, 0.5) is 0 Å². The normalized spacial score (nSPS) is 11.6. The van der Waals surface area contributed by atoms with Crippen LogP contribution in [0.2, 0.25) is 0 Å². The molecular weight excluding hydrogens is 242 g/mol. The minimum absolute atomic E-state index is 0.808. The fourth-order valence-electron chi connectivity index (χ4n) is 1.01. The van der Waals surface area contributed by atoms with Crippen LogP contribution >= 0.6 is 0 Å². The van der Waals surface area contributed by atoms with E-state index in [0.717, 1.165) is 11.6 Å². The first-order valence-corrected chi connectivity index (χ1v) is 6.77. The summed E-state index contributed by atoms with van der Waals surface area (Å²) in [5, 5.41) is 0. The highest BCUT2D eigenvalue weighted by atomic mass is 32.3. The molecule has 0 rings (SSSR count). The van der Waals surface area contributed by atoms with E-state index < -0.39 is 10.4 Å². The Morgan fingerprint density at radius 1 is 1.29 bits per heavy atom. The van der Waals surface area contributed by atoms with Gasteiger partial charge >= 0.3 is 0 Å². The molecule has 17 heavy (non-hydrogen) atoms. The number of hydrogen-bond donors (Lipinski definition) is 0. The molecular formula is C11H25NO4S. The summed E-state index contributed by atoms with van der Waals surface area (Å²) in [6.45, 7) is 7.26. The zero-order chi connectivity index (χ0) is 14.1. The zero-order valence-electron chi connectivity index (χ0n) is 11.5. The summed E-state index contributed by atoms with van der Waals surface area (Å²) in [6.07, 6.45) is 3.81. The Morgan fingerprint density at radius 2 is 1.71 bits per heavy atom. The van der Waals surface area contributed by atoms with Gasteiger partial charge in [0.25, 0.3) is 0 Å². The van der Waals surface area contributed by atoms with Gasteiger partial charge in [0.05, 0.1) is 34.8 Å². The molecule has 0 atom stereocenters. The van der Waals surface area contributed by atoms with E-state index in [-0.39, 0.29) is 0 Å². The summed E-state index contributed by atoms with van der Waals surface area (Å²) in [5.41, 5.74) is 1.31. The molecule has 0 amide bonds. The van der Waals surface area contributed by atoms with Crippen LogP contribution in [0.5, 0.6) is 0 Å². The molecule has 0 unspecified atom stereocenters. The van der Waals surface area contributed by atoms with Crippen molar-refractivity contribution in [1.82, 2.24) is 0 Å². The van der Waals surface area contributed by atoms with E-state index >= 15 is 0 Å². The van der Waals surface area contributed by atoms with Crippen LogP contribution in [-0.2, 0) is 14.6 Å². The number of quaternary nitrogens is 1. The maximum atomic E-state index is 9.22. The van der Waals surface area contributed by atoms with Crippen molar-refractivity contribution in [2.24, 2.45) is 0 Å². The van der Waals surface area contributed by atoms with Crippen molar-refractivity contribution in [3.63, 3.8) is 0 Å². The van der Waals surface area contributed by atoms with Crippen molar-refractivity contribution < 1.29 is 21.6 Å². The van der Waals surface area contributed by atoms with Crippen LogP contribution in [0.1, 0.15) is 26.2 Å². The summed E-state index contributed by atoms with van der Waals surface area (Å²) >= 11 is 0. The quantitative estimate of drug-likeness (QED) is 0.241. The number of hydrogen-bond acceptors (Lipinski definition) is 4. The van der Waals surface area contributed by atoms with Gasteiger partial charge in [-0.3, -0.25) is 4.18 Å². The van der Waals surface area contributed by atoms with E-state index in [4.69, 9.17) is 0 Å². The summed E-state index contributed by atoms with van der Waals surface area (Å²) in [4.78, 5) is 0. The van der Waals surface area contributed by atoms with Gasteiger partial charge in [-0.2, -0.15) is 0 Å². The Labute approximate surface area is 106 Å². The molecule has 0 N–H and O–H groups in total. The zero-order valence-corrected chi connectivity index (χ0v) is 12.3. The fraction of sp³-hybridized carbons (Fsp3) is 0.818. The highest BCUT2D eigenvalue weighted by molar-refractivity contribution is 7.80. The highest BCUT2D eigenvalue weighted by Crippen LogP contribution is 2.05. The molecule has 6 heteroatoms. The minimum Gasteiger partial charge on any atom is -0.726 e. The van der Waals surface area contributed by atoms with Gasteiger partial charge in [0.2, 0.25) is 10.4 Å². The Balaban J connectivity index is 0. The van der Waals surface area contributed by atoms with Crippen LogP contribution in [0, 0.1) is 0 Å². The Hall–Kier alpha value is -0.430. The molecule has 0 fully saturated rings. The average Bonchev–Trinajstić information content (AvgIpc) is 2.11. The average molecular weight is 267 g/mol. The molecule has 0 aromatic carbocycles. The molecule has 0 aromatic heterocycles. The summed E-state index contributed by atoms with van der Waals surface area (Å²) in [7, 11) is 3.11. The van der Waals surface area contributed by atoms with E-state index in [9.17, 15) is 13.0 Å². The minimum atomic E-state index is -4.41. The lowest BCUT2D eigenvalue weighted by atomic mass is 10.1. The van der Waals surface area contributed by atoms with Crippen LogP contribution in [0.15, 0.2) is 12.2 Å². The predicted octanol–water partition coefficient (Wildman–Crippen LogP) is 1.53. The lowest BCUT2D eigenvalue weighted by Crippen LogP contribution is -2.35. The van der Waals surface area contributed by atoms with E-state index in [2.05, 4.69) is 38.8 Å². The smallest absolute Gasteiger partial charge is 0.217 e. The van der Waals surface area contributed by atoms with Crippen LogP contribution in [0.3, 0.4) is 0 Å². The number of rotatable bonds is 6. The van der Waals surface area contributed by atoms with Crippen LogP contribution in [0.25, 0.3) is 0 Å². The Morgan fingerprint density at radius 3 is 1.94 bits per heavy atom. The molecule has 0 aliphatic heterocycles. The number of allylic oxidation sites excluding steroid dienone is 1. The van der Waals surface area contributed by atoms with Gasteiger partial charge in [-0.05, 0) is 26.2 Å². The molecule has 0 spiro atoms.